The van der Waals surface area contributed by atoms with E-state index in [1.807, 2.05) is 19.1 Å². The van der Waals surface area contributed by atoms with Gasteiger partial charge in [0, 0.05) is 37.6 Å². The summed E-state index contributed by atoms with van der Waals surface area (Å²) < 4.78 is 0. The molecule has 0 aliphatic rings. The Balaban J connectivity index is 0.00000544. The van der Waals surface area contributed by atoms with Gasteiger partial charge in [0.05, 0.1) is 23.1 Å². The van der Waals surface area contributed by atoms with Crippen LogP contribution < -0.4 is 50.6 Å². The molecule has 0 saturated heterocycles. The molecule has 2 aromatic rings. The Hall–Kier alpha value is -3.02. The first-order valence-corrected chi connectivity index (χ1v) is 9.92. The van der Waals surface area contributed by atoms with E-state index in [1.165, 1.54) is 24.3 Å². The van der Waals surface area contributed by atoms with Gasteiger partial charge in [-0.3, -0.25) is 19.7 Å². The van der Waals surface area contributed by atoms with Gasteiger partial charge in [-0.15, -0.1) is 0 Å². The van der Waals surface area contributed by atoms with Crippen LogP contribution in [0.3, 0.4) is 0 Å². The van der Waals surface area contributed by atoms with Crippen molar-refractivity contribution in [3.05, 3.63) is 63.8 Å². The maximum Gasteiger partial charge on any atom is 1.00 e. The number of amides is 2. The van der Waals surface area contributed by atoms with Crippen LogP contribution in [0.15, 0.2) is 42.6 Å². The van der Waals surface area contributed by atoms with Crippen molar-refractivity contribution >= 4 is 29.3 Å². The summed E-state index contributed by atoms with van der Waals surface area (Å²) in [5.74, 6) is -1.81. The van der Waals surface area contributed by atoms with Gasteiger partial charge in [-0.05, 0) is 31.0 Å². The molecular weight excluding hydrogens is 441 g/mol. The molecule has 0 aliphatic carbocycles. The number of rotatable bonds is 12. The molecule has 11 nitrogen and oxygen atoms in total. The van der Waals surface area contributed by atoms with E-state index in [0.29, 0.717) is 18.8 Å². The fourth-order valence-electron chi connectivity index (χ4n) is 2.96. The number of pyridine rings is 1. The number of carbonyl (C=O) groups excluding carboxylic acids is 3. The molecular formula is C21H24N5NaO6. The zero-order valence-corrected chi connectivity index (χ0v) is 20.5. The maximum absolute atomic E-state index is 12.2. The fraction of sp³-hybridized carbons (Fsp3) is 0.333. The van der Waals surface area contributed by atoms with Gasteiger partial charge in [0.25, 0.3) is 5.69 Å². The molecule has 2 rings (SSSR count). The minimum absolute atomic E-state index is 0. The van der Waals surface area contributed by atoms with Gasteiger partial charge in [-0.25, -0.2) is 4.98 Å². The average molecular weight is 465 g/mol. The van der Waals surface area contributed by atoms with Crippen molar-refractivity contribution in [3.8, 4) is 0 Å². The Morgan fingerprint density at radius 2 is 1.88 bits per heavy atom. The molecule has 0 aliphatic heterocycles. The van der Waals surface area contributed by atoms with Gasteiger partial charge in [0.1, 0.15) is 5.82 Å². The number of anilines is 1. The number of benzene rings is 1. The SMILES string of the molecule is Cc1ccnc(NCCCC(=O)NCC(=O)NC(CC(=O)[O-])c2ccccc2[N+](=O)[O-])c1.[Na+]. The first-order chi connectivity index (χ1) is 15.3. The Bertz CT molecular complexity index is 987. The Morgan fingerprint density at radius 1 is 1.15 bits per heavy atom. The number of carboxylic acid groups (broad SMARTS) is 1. The molecule has 1 atom stereocenters. The molecule has 0 spiro atoms. The molecule has 3 N–H and O–H groups in total. The molecule has 1 aromatic heterocycles. The fourth-order valence-corrected chi connectivity index (χ4v) is 2.96. The first kappa shape index (κ1) is 28.0. The van der Waals surface area contributed by atoms with Crippen LogP contribution >= 0.6 is 0 Å². The predicted molar refractivity (Wildman–Crippen MR) is 113 cm³/mol. The normalized spacial score (nSPS) is 10.9. The van der Waals surface area contributed by atoms with Crippen LogP contribution in [-0.4, -0.2) is 40.8 Å². The number of aryl methyl sites for hydroxylation is 1. The summed E-state index contributed by atoms with van der Waals surface area (Å²) in [7, 11) is 0. The Labute approximate surface area is 212 Å². The van der Waals surface area contributed by atoms with Crippen LogP contribution in [0.1, 0.15) is 36.4 Å². The first-order valence-electron chi connectivity index (χ1n) is 9.92. The van der Waals surface area contributed by atoms with Crippen molar-refractivity contribution in [3.63, 3.8) is 0 Å². The van der Waals surface area contributed by atoms with Gasteiger partial charge in [0.15, 0.2) is 0 Å². The number of aliphatic carboxylic acids is 1. The molecule has 1 aromatic carbocycles. The topological polar surface area (TPSA) is 166 Å². The Morgan fingerprint density at radius 3 is 2.55 bits per heavy atom. The summed E-state index contributed by atoms with van der Waals surface area (Å²) in [5.41, 5.74) is 0.778. The zero-order chi connectivity index (χ0) is 23.5. The van der Waals surface area contributed by atoms with Crippen molar-refractivity contribution in [1.82, 2.24) is 15.6 Å². The smallest absolute Gasteiger partial charge is 0.550 e. The van der Waals surface area contributed by atoms with Crippen LogP contribution in [0.5, 0.6) is 0 Å². The predicted octanol–water partition coefficient (Wildman–Crippen LogP) is -2.39. The van der Waals surface area contributed by atoms with Crippen LogP contribution in [0, 0.1) is 17.0 Å². The van der Waals surface area contributed by atoms with Crippen molar-refractivity contribution in [1.29, 1.82) is 0 Å². The summed E-state index contributed by atoms with van der Waals surface area (Å²) in [6.07, 6.45) is 1.70. The van der Waals surface area contributed by atoms with Crippen LogP contribution in [0.4, 0.5) is 11.5 Å². The second kappa shape index (κ2) is 14.2. The summed E-state index contributed by atoms with van der Waals surface area (Å²) in [4.78, 5) is 49.9. The van der Waals surface area contributed by atoms with E-state index >= 15 is 0 Å². The Kier molecular flexibility index (Phi) is 12.0. The second-order valence-electron chi connectivity index (χ2n) is 7.04. The van der Waals surface area contributed by atoms with Crippen LogP contribution in [0.2, 0.25) is 0 Å². The number of nitro groups is 1. The molecule has 33 heavy (non-hydrogen) atoms. The number of carbonyl (C=O) groups is 3. The summed E-state index contributed by atoms with van der Waals surface area (Å²) in [6, 6.07) is 8.09. The van der Waals surface area contributed by atoms with Crippen molar-refractivity contribution in [2.24, 2.45) is 0 Å². The number of para-hydroxylation sites is 1. The minimum Gasteiger partial charge on any atom is -0.550 e. The summed E-state index contributed by atoms with van der Waals surface area (Å²) in [6.45, 7) is 2.07. The number of aromatic nitrogens is 1. The number of nitrogens with one attached hydrogen (secondary N) is 3. The van der Waals surface area contributed by atoms with Gasteiger partial charge >= 0.3 is 29.6 Å². The number of nitrogens with zero attached hydrogens (tertiary/aromatic N) is 2. The van der Waals surface area contributed by atoms with E-state index in [2.05, 4.69) is 20.9 Å². The molecule has 0 saturated carbocycles. The monoisotopic (exact) mass is 465 g/mol. The van der Waals surface area contributed by atoms with E-state index in [0.717, 1.165) is 5.56 Å². The molecule has 0 fully saturated rings. The third kappa shape index (κ3) is 9.98. The number of hydrogen-bond acceptors (Lipinski definition) is 8. The second-order valence-corrected chi connectivity index (χ2v) is 7.04. The van der Waals surface area contributed by atoms with Gasteiger partial charge in [0.2, 0.25) is 11.8 Å². The standard InChI is InChI=1S/C21H25N5O6.Na/c1-14-8-10-23-18(11-14)22-9-4-7-19(27)24-13-20(28)25-16(12-21(29)30)15-5-2-3-6-17(15)26(31)32;/h2-3,5-6,8,10-11,16H,4,7,9,12-13H2,1H3,(H,22,23)(H,24,27)(H,25,28)(H,29,30);/q;+1/p-1. The molecule has 1 heterocycles. The largest absolute Gasteiger partial charge is 1.00 e. The van der Waals surface area contributed by atoms with Gasteiger partial charge < -0.3 is 25.9 Å². The third-order valence-electron chi connectivity index (χ3n) is 4.46. The molecule has 12 heteroatoms. The zero-order valence-electron chi connectivity index (χ0n) is 18.5. The summed E-state index contributed by atoms with van der Waals surface area (Å²) in [5, 5.41) is 30.2. The van der Waals surface area contributed by atoms with E-state index in [1.54, 1.807) is 6.20 Å². The van der Waals surface area contributed by atoms with E-state index in [9.17, 15) is 29.6 Å². The maximum atomic E-state index is 12.2. The number of nitro benzene ring substituents is 1. The van der Waals surface area contributed by atoms with Crippen molar-refractivity contribution in [2.45, 2.75) is 32.2 Å². The summed E-state index contributed by atoms with van der Waals surface area (Å²) >= 11 is 0. The van der Waals surface area contributed by atoms with Crippen LogP contribution in [0.25, 0.3) is 0 Å². The number of hydrogen-bond donors (Lipinski definition) is 3. The molecule has 170 valence electrons. The number of carboxylic acids is 1. The minimum atomic E-state index is -1.48. The average Bonchev–Trinajstić information content (AvgIpc) is 2.74. The molecule has 1 unspecified atom stereocenters. The van der Waals surface area contributed by atoms with Crippen LogP contribution in [-0.2, 0) is 14.4 Å². The third-order valence-corrected chi connectivity index (χ3v) is 4.46. The van der Waals surface area contributed by atoms with Gasteiger partial charge in [-0.1, -0.05) is 18.2 Å². The van der Waals surface area contributed by atoms with Crippen molar-refractivity contribution < 1.29 is 54.0 Å². The van der Waals surface area contributed by atoms with Crippen molar-refractivity contribution in [2.75, 3.05) is 18.4 Å². The molecule has 0 radical (unpaired) electrons. The van der Waals surface area contributed by atoms with E-state index in [-0.39, 0.29) is 53.1 Å². The van der Waals surface area contributed by atoms with E-state index < -0.39 is 35.8 Å². The molecule has 2 amide bonds. The quantitative estimate of drug-likeness (QED) is 0.135. The van der Waals surface area contributed by atoms with E-state index in [4.69, 9.17) is 0 Å². The molecule has 0 bridgehead atoms. The van der Waals surface area contributed by atoms with Gasteiger partial charge in [-0.2, -0.15) is 0 Å².